The van der Waals surface area contributed by atoms with Crippen LogP contribution in [0.15, 0.2) is 138 Å². The van der Waals surface area contributed by atoms with E-state index in [9.17, 15) is 0 Å². The van der Waals surface area contributed by atoms with Crippen molar-refractivity contribution in [1.29, 1.82) is 0 Å². The minimum atomic E-state index is -0.170. The van der Waals surface area contributed by atoms with Crippen LogP contribution in [0.2, 0.25) is 0 Å². The molecule has 0 fully saturated rings. The summed E-state index contributed by atoms with van der Waals surface area (Å²) >= 11 is 0. The van der Waals surface area contributed by atoms with Gasteiger partial charge in [0.05, 0.1) is 11.3 Å². The maximum absolute atomic E-state index is 7.58. The lowest BCUT2D eigenvalue weighted by molar-refractivity contribution is 0.332. The second-order valence-electron chi connectivity index (χ2n) is 28.1. The van der Waals surface area contributed by atoms with Gasteiger partial charge in [-0.25, -0.2) is 0 Å². The number of aryl methyl sites for hydroxylation is 2. The lowest BCUT2D eigenvalue weighted by atomic mass is 9.35. The van der Waals surface area contributed by atoms with E-state index in [1.165, 1.54) is 101 Å². The minimum absolute atomic E-state index is 0.00113. The fourth-order valence-corrected chi connectivity index (χ4v) is 13.8. The van der Waals surface area contributed by atoms with Crippen molar-refractivity contribution >= 4 is 68.4 Å². The first-order valence-electron chi connectivity index (χ1n) is 28.2. The highest BCUT2D eigenvalue weighted by Gasteiger charge is 2.50. The van der Waals surface area contributed by atoms with E-state index < -0.39 is 0 Å². The van der Waals surface area contributed by atoms with Crippen LogP contribution < -0.4 is 26.4 Å². The number of hydrogen-bond acceptors (Lipinski definition) is 3. The molecule has 1 atom stereocenters. The van der Waals surface area contributed by atoms with Gasteiger partial charge < -0.3 is 14.2 Å². The zero-order valence-electron chi connectivity index (χ0n) is 48.0. The Morgan fingerprint density at radius 1 is 0.493 bits per heavy atom. The molecule has 3 heterocycles. The standard InChI is InChI=1S/C71H79BN2O/c1-43-21-23-45(24-22-43)62(51-20-18-17-19-44(51)2)46-37-59-63-60(38-46)74(49-28-25-47(26-29-49)66(3,4)5)64-52-39-48(67(6,7)8)27-32-61(52)75-65(64)72(63)57-41-55-56(71(15,16)36-35-70(55,13)14)42-58(57)73(59)50-30-31-53-54(40-50)69(11,12)34-33-68(53,9)10/h17-32,37-42,62H,33-36H2,1-16H3. The largest absolute Gasteiger partial charge is 0.468 e. The highest BCUT2D eigenvalue weighted by atomic mass is 16.3. The molecule has 4 heteroatoms. The molecule has 0 radical (unpaired) electrons. The molecule has 8 aromatic rings. The predicted octanol–water partition coefficient (Wildman–Crippen LogP) is 17.6. The van der Waals surface area contributed by atoms with Crippen molar-refractivity contribution in [3.05, 3.63) is 195 Å². The number of rotatable bonds is 5. The van der Waals surface area contributed by atoms with Crippen LogP contribution in [-0.2, 0) is 32.5 Å². The summed E-state index contributed by atoms with van der Waals surface area (Å²) in [5.74, 6) is -0.0401. The first-order valence-corrected chi connectivity index (χ1v) is 28.2. The van der Waals surface area contributed by atoms with Crippen LogP contribution in [0.5, 0.6) is 0 Å². The van der Waals surface area contributed by atoms with Crippen molar-refractivity contribution in [2.75, 3.05) is 9.80 Å². The van der Waals surface area contributed by atoms with Crippen molar-refractivity contribution in [3.8, 4) is 0 Å². The van der Waals surface area contributed by atoms with Crippen molar-refractivity contribution in [3.63, 3.8) is 0 Å². The van der Waals surface area contributed by atoms with Gasteiger partial charge in [0.1, 0.15) is 5.58 Å². The fraction of sp³-hybridized carbons (Fsp3) is 0.380. The zero-order chi connectivity index (χ0) is 53.1. The molecule has 0 amide bonds. The van der Waals surface area contributed by atoms with Crippen LogP contribution in [0.4, 0.5) is 34.1 Å². The second kappa shape index (κ2) is 16.6. The summed E-state index contributed by atoms with van der Waals surface area (Å²) in [6.45, 7) is 38.0. The molecule has 1 aromatic heterocycles. The molecule has 0 saturated carbocycles. The fourth-order valence-electron chi connectivity index (χ4n) is 13.8. The van der Waals surface area contributed by atoms with Gasteiger partial charge in [0.15, 0.2) is 0 Å². The van der Waals surface area contributed by atoms with Gasteiger partial charge in [0.2, 0.25) is 0 Å². The summed E-state index contributed by atoms with van der Waals surface area (Å²) in [6.07, 6.45) is 4.62. The Hall–Kier alpha value is -6.26. The van der Waals surface area contributed by atoms with E-state index in [0.29, 0.717) is 0 Å². The van der Waals surface area contributed by atoms with Crippen LogP contribution in [0.3, 0.4) is 0 Å². The molecular weight excluding hydrogens is 908 g/mol. The third-order valence-corrected chi connectivity index (χ3v) is 18.9. The predicted molar refractivity (Wildman–Crippen MR) is 322 cm³/mol. The Morgan fingerprint density at radius 2 is 1.04 bits per heavy atom. The summed E-state index contributed by atoms with van der Waals surface area (Å²) in [6, 6.07) is 52.9. The first kappa shape index (κ1) is 49.6. The van der Waals surface area contributed by atoms with Crippen LogP contribution in [-0.4, -0.2) is 6.71 Å². The van der Waals surface area contributed by atoms with Gasteiger partial charge >= 0.3 is 0 Å². The zero-order valence-corrected chi connectivity index (χ0v) is 48.0. The lowest BCUT2D eigenvalue weighted by Crippen LogP contribution is -2.61. The molecule has 1 unspecified atom stereocenters. The van der Waals surface area contributed by atoms with Crippen molar-refractivity contribution in [2.45, 2.75) is 175 Å². The van der Waals surface area contributed by atoms with Gasteiger partial charge in [-0.2, -0.15) is 0 Å². The maximum atomic E-state index is 7.58. The molecule has 2 aliphatic carbocycles. The molecule has 0 bridgehead atoms. The average molecular weight is 987 g/mol. The summed E-state index contributed by atoms with van der Waals surface area (Å²) in [5.41, 5.74) is 26.8. The Morgan fingerprint density at radius 3 is 1.65 bits per heavy atom. The van der Waals surface area contributed by atoms with Crippen LogP contribution in [0.25, 0.3) is 11.0 Å². The number of fused-ring (bicyclic) bond motifs is 8. The highest BCUT2D eigenvalue weighted by Crippen LogP contribution is 2.54. The minimum Gasteiger partial charge on any atom is -0.468 e. The van der Waals surface area contributed by atoms with Gasteiger partial charge in [-0.15, -0.1) is 0 Å². The smallest absolute Gasteiger partial charge is 0.297 e. The van der Waals surface area contributed by atoms with E-state index >= 15 is 0 Å². The van der Waals surface area contributed by atoms with Crippen LogP contribution in [0.1, 0.15) is 190 Å². The third-order valence-electron chi connectivity index (χ3n) is 18.9. The highest BCUT2D eigenvalue weighted by molar-refractivity contribution is 7.00. The van der Waals surface area contributed by atoms with Crippen molar-refractivity contribution in [1.82, 2.24) is 0 Å². The summed E-state index contributed by atoms with van der Waals surface area (Å²) in [7, 11) is 0. The van der Waals surface area contributed by atoms with E-state index in [4.69, 9.17) is 4.42 Å². The molecule has 7 aromatic carbocycles. The van der Waals surface area contributed by atoms with Crippen molar-refractivity contribution < 1.29 is 4.42 Å². The molecule has 4 aliphatic rings. The van der Waals surface area contributed by atoms with E-state index in [2.05, 4.69) is 254 Å². The first-order chi connectivity index (χ1) is 35.2. The summed E-state index contributed by atoms with van der Waals surface area (Å²) < 4.78 is 7.58. The second-order valence-corrected chi connectivity index (χ2v) is 28.1. The number of furan rings is 1. The van der Waals surface area contributed by atoms with Gasteiger partial charge in [0.25, 0.3) is 6.71 Å². The molecule has 12 rings (SSSR count). The summed E-state index contributed by atoms with van der Waals surface area (Å²) in [5, 5.41) is 1.16. The van der Waals surface area contributed by atoms with Crippen molar-refractivity contribution in [2.24, 2.45) is 0 Å². The number of hydrogen-bond donors (Lipinski definition) is 0. The van der Waals surface area contributed by atoms with E-state index in [1.807, 2.05) is 0 Å². The van der Waals surface area contributed by atoms with Gasteiger partial charge in [0, 0.05) is 39.7 Å². The average Bonchev–Trinajstić information content (AvgIpc) is 3.79. The van der Waals surface area contributed by atoms with E-state index in [-0.39, 0.29) is 45.1 Å². The molecule has 2 aliphatic heterocycles. The molecule has 0 spiro atoms. The Labute approximate surface area is 449 Å². The number of anilines is 6. The van der Waals surface area contributed by atoms with Gasteiger partial charge in [-0.05, 0) is 193 Å². The Kier molecular flexibility index (Phi) is 11.0. The van der Waals surface area contributed by atoms with Crippen LogP contribution in [0, 0.1) is 13.8 Å². The molecule has 382 valence electrons. The Balaban J connectivity index is 1.26. The molecule has 75 heavy (non-hydrogen) atoms. The van der Waals surface area contributed by atoms with Gasteiger partial charge in [-0.1, -0.05) is 181 Å². The quantitative estimate of drug-likeness (QED) is 0.127. The number of benzene rings is 7. The molecule has 0 N–H and O–H groups in total. The van der Waals surface area contributed by atoms with Crippen LogP contribution >= 0.6 is 0 Å². The number of nitrogens with zero attached hydrogens (tertiary/aromatic N) is 2. The SMILES string of the molecule is Cc1ccc(C(c2cc3c4c(c2)N(c2ccc(C(C)(C)C)cc2)c2c(oc5ccc(C(C)(C)C)cc25)B4c2cc4c(cc2N3c2ccc3c(c2)C(C)(C)CCC3(C)C)C(C)(C)CCC4(C)C)c2ccccc2C)cc1. The van der Waals surface area contributed by atoms with E-state index in [1.54, 1.807) is 0 Å². The maximum Gasteiger partial charge on any atom is 0.297 e. The Bertz CT molecular complexity index is 3610. The molecular formula is C71H79BN2O. The van der Waals surface area contributed by atoms with Gasteiger partial charge in [-0.3, -0.25) is 0 Å². The third kappa shape index (κ3) is 7.88. The lowest BCUT2D eigenvalue weighted by Gasteiger charge is -2.47. The van der Waals surface area contributed by atoms with E-state index in [0.717, 1.165) is 47.3 Å². The normalized spacial score (nSPS) is 18.2. The molecule has 3 nitrogen and oxygen atoms in total. The monoisotopic (exact) mass is 987 g/mol. The molecule has 0 saturated heterocycles. The summed E-state index contributed by atoms with van der Waals surface area (Å²) in [4.78, 5) is 5.32. The topological polar surface area (TPSA) is 19.6 Å².